The van der Waals surface area contributed by atoms with Gasteiger partial charge in [-0.15, -0.1) is 0 Å². The zero-order chi connectivity index (χ0) is 15.2. The van der Waals surface area contributed by atoms with Gasteiger partial charge in [-0.2, -0.15) is 0 Å². The first kappa shape index (κ1) is 15.6. The van der Waals surface area contributed by atoms with Gasteiger partial charge in [-0.3, -0.25) is 0 Å². The lowest BCUT2D eigenvalue weighted by atomic mass is 9.85. The third kappa shape index (κ3) is 3.87. The number of hydrogen-bond acceptors (Lipinski definition) is 1. The molecule has 2 rings (SSSR count). The lowest BCUT2D eigenvalue weighted by Gasteiger charge is -2.22. The highest BCUT2D eigenvalue weighted by molar-refractivity contribution is 5.55. The summed E-state index contributed by atoms with van der Waals surface area (Å²) < 4.78 is 0. The number of nitrogens with one attached hydrogen (secondary N) is 1. The Morgan fingerprint density at radius 1 is 1.00 bits per heavy atom. The Morgan fingerprint density at radius 3 is 2.33 bits per heavy atom. The van der Waals surface area contributed by atoms with E-state index in [1.165, 1.54) is 28.8 Å². The molecule has 1 N–H and O–H groups in total. The molecule has 0 amide bonds. The third-order valence-electron chi connectivity index (χ3n) is 4.63. The summed E-state index contributed by atoms with van der Waals surface area (Å²) in [5, 5.41) is 3.38. The van der Waals surface area contributed by atoms with Gasteiger partial charge in [0.1, 0.15) is 0 Å². The molecule has 2 aromatic rings. The van der Waals surface area contributed by atoms with Crippen molar-refractivity contribution in [3.8, 4) is 0 Å². The van der Waals surface area contributed by atoms with Crippen molar-refractivity contribution in [2.75, 3.05) is 12.4 Å². The minimum atomic E-state index is 0. The minimum Gasteiger partial charge on any atom is -0.388 e. The predicted octanol–water partition coefficient (Wildman–Crippen LogP) is 5.71. The van der Waals surface area contributed by atoms with E-state index in [4.69, 9.17) is 0 Å². The molecule has 2 atom stereocenters. The molecule has 0 fully saturated rings. The summed E-state index contributed by atoms with van der Waals surface area (Å²) >= 11 is 0. The van der Waals surface area contributed by atoms with E-state index in [-0.39, 0.29) is 1.43 Å². The van der Waals surface area contributed by atoms with Crippen molar-refractivity contribution in [1.82, 2.24) is 0 Å². The van der Waals surface area contributed by atoms with Crippen LogP contribution in [0.1, 0.15) is 51.2 Å². The van der Waals surface area contributed by atoms with E-state index in [0.29, 0.717) is 11.8 Å². The molecule has 21 heavy (non-hydrogen) atoms. The van der Waals surface area contributed by atoms with E-state index in [0.717, 1.165) is 6.42 Å². The van der Waals surface area contributed by atoms with E-state index in [9.17, 15) is 0 Å². The summed E-state index contributed by atoms with van der Waals surface area (Å²) in [6.07, 6.45) is 2.21. The van der Waals surface area contributed by atoms with Crippen LogP contribution in [-0.2, 0) is 6.42 Å². The molecule has 1 heteroatoms. The Bertz CT molecular complexity index is 565. The molecule has 114 valence electrons. The molecule has 0 aliphatic rings. The maximum atomic E-state index is 3.38. The predicted molar refractivity (Wildman–Crippen MR) is 95.2 cm³/mol. The Morgan fingerprint density at radius 2 is 1.71 bits per heavy atom. The van der Waals surface area contributed by atoms with Gasteiger partial charge in [0.25, 0.3) is 0 Å². The van der Waals surface area contributed by atoms with Crippen molar-refractivity contribution in [2.24, 2.45) is 5.92 Å². The number of hydrogen-bond donors (Lipinski definition) is 1. The Labute approximate surface area is 130 Å². The standard InChI is InChI=1S/C20H27N.H2/c1-5-15(2)16(3)19-12-11-18(14-20(19)21-4)13-17-9-7-6-8-10-17;/h6-12,14-16,21H,5,13H2,1-4H3;1H. The molecule has 0 aromatic heterocycles. The molecule has 0 saturated carbocycles. The summed E-state index contributed by atoms with van der Waals surface area (Å²) in [6.45, 7) is 6.94. The van der Waals surface area contributed by atoms with E-state index in [2.05, 4.69) is 74.6 Å². The fourth-order valence-electron chi connectivity index (χ4n) is 2.82. The SMILES string of the molecule is CCC(C)C(C)c1ccc(Cc2ccccc2)cc1NC.[HH]. The lowest BCUT2D eigenvalue weighted by molar-refractivity contribution is 0.474. The average molecular weight is 283 g/mol. The highest BCUT2D eigenvalue weighted by Crippen LogP contribution is 2.32. The van der Waals surface area contributed by atoms with Crippen LogP contribution in [0.2, 0.25) is 0 Å². The Balaban J connectivity index is 0.00000242. The third-order valence-corrected chi connectivity index (χ3v) is 4.63. The van der Waals surface area contributed by atoms with Crippen molar-refractivity contribution in [3.05, 3.63) is 65.2 Å². The van der Waals surface area contributed by atoms with Gasteiger partial charge in [0.2, 0.25) is 0 Å². The summed E-state index contributed by atoms with van der Waals surface area (Å²) in [7, 11) is 2.02. The maximum Gasteiger partial charge on any atom is 0.0375 e. The number of benzene rings is 2. The van der Waals surface area contributed by atoms with Crippen LogP contribution < -0.4 is 5.32 Å². The van der Waals surface area contributed by atoms with Crippen LogP contribution >= 0.6 is 0 Å². The maximum absolute atomic E-state index is 3.38. The van der Waals surface area contributed by atoms with Crippen molar-refractivity contribution >= 4 is 5.69 Å². The van der Waals surface area contributed by atoms with Crippen LogP contribution in [0.5, 0.6) is 0 Å². The summed E-state index contributed by atoms with van der Waals surface area (Å²) in [5.74, 6) is 1.29. The van der Waals surface area contributed by atoms with Crippen LogP contribution in [0.15, 0.2) is 48.5 Å². The van der Waals surface area contributed by atoms with Gasteiger partial charge in [-0.1, -0.05) is 69.7 Å². The van der Waals surface area contributed by atoms with Crippen LogP contribution in [0.25, 0.3) is 0 Å². The smallest absolute Gasteiger partial charge is 0.0375 e. The van der Waals surface area contributed by atoms with E-state index in [1.807, 2.05) is 7.05 Å². The second kappa shape index (κ2) is 7.31. The molecule has 2 aromatic carbocycles. The Kier molecular flexibility index (Phi) is 5.44. The molecule has 2 unspecified atom stereocenters. The van der Waals surface area contributed by atoms with Crippen LogP contribution in [-0.4, -0.2) is 7.05 Å². The van der Waals surface area contributed by atoms with E-state index < -0.39 is 0 Å². The first-order valence-corrected chi connectivity index (χ1v) is 8.00. The second-order valence-electron chi connectivity index (χ2n) is 6.01. The summed E-state index contributed by atoms with van der Waals surface area (Å²) in [5.41, 5.74) is 5.44. The lowest BCUT2D eigenvalue weighted by Crippen LogP contribution is -2.08. The molecule has 0 aliphatic heterocycles. The van der Waals surface area contributed by atoms with Crippen LogP contribution in [0.3, 0.4) is 0 Å². The molecule has 0 bridgehead atoms. The van der Waals surface area contributed by atoms with Gasteiger partial charge in [0.15, 0.2) is 0 Å². The summed E-state index contributed by atoms with van der Waals surface area (Å²) in [6, 6.07) is 17.6. The largest absolute Gasteiger partial charge is 0.388 e. The van der Waals surface area contributed by atoms with Gasteiger partial charge >= 0.3 is 0 Å². The molecule has 0 saturated heterocycles. The first-order chi connectivity index (χ1) is 10.2. The van der Waals surface area contributed by atoms with E-state index in [1.54, 1.807) is 0 Å². The first-order valence-electron chi connectivity index (χ1n) is 8.00. The zero-order valence-corrected chi connectivity index (χ0v) is 13.7. The van der Waals surface area contributed by atoms with Crippen molar-refractivity contribution in [1.29, 1.82) is 0 Å². The van der Waals surface area contributed by atoms with E-state index >= 15 is 0 Å². The molecule has 1 nitrogen and oxygen atoms in total. The van der Waals surface area contributed by atoms with Gasteiger partial charge in [-0.05, 0) is 41.0 Å². The topological polar surface area (TPSA) is 12.0 Å². The highest BCUT2D eigenvalue weighted by Gasteiger charge is 2.16. The minimum absolute atomic E-state index is 0. The molecule has 0 aliphatic carbocycles. The van der Waals surface area contributed by atoms with Gasteiger partial charge < -0.3 is 5.32 Å². The van der Waals surface area contributed by atoms with Crippen LogP contribution in [0, 0.1) is 5.92 Å². The van der Waals surface area contributed by atoms with Gasteiger partial charge in [-0.25, -0.2) is 0 Å². The fourth-order valence-corrected chi connectivity index (χ4v) is 2.82. The van der Waals surface area contributed by atoms with Crippen LogP contribution in [0.4, 0.5) is 5.69 Å². The molecule has 0 spiro atoms. The monoisotopic (exact) mass is 283 g/mol. The number of anilines is 1. The molecular weight excluding hydrogens is 254 g/mol. The zero-order valence-electron chi connectivity index (χ0n) is 13.7. The highest BCUT2D eigenvalue weighted by atomic mass is 14.8. The Hall–Kier alpha value is -1.76. The second-order valence-corrected chi connectivity index (χ2v) is 6.01. The van der Waals surface area contributed by atoms with Gasteiger partial charge in [0, 0.05) is 14.2 Å². The van der Waals surface area contributed by atoms with Crippen molar-refractivity contribution < 1.29 is 1.43 Å². The molecular formula is C20H29N. The average Bonchev–Trinajstić information content (AvgIpc) is 2.54. The molecule has 0 heterocycles. The number of rotatable bonds is 6. The molecule has 0 radical (unpaired) electrons. The normalized spacial score (nSPS) is 13.7. The van der Waals surface area contributed by atoms with Gasteiger partial charge in [0.05, 0.1) is 0 Å². The van der Waals surface area contributed by atoms with Crippen molar-refractivity contribution in [2.45, 2.75) is 39.5 Å². The fraction of sp³-hybridized carbons (Fsp3) is 0.400. The summed E-state index contributed by atoms with van der Waals surface area (Å²) in [4.78, 5) is 0. The van der Waals surface area contributed by atoms with Crippen molar-refractivity contribution in [3.63, 3.8) is 0 Å². The quantitative estimate of drug-likeness (QED) is 0.715.